The molecule has 0 amide bonds. The van der Waals surface area contributed by atoms with E-state index in [1.54, 1.807) is 7.11 Å². The molecule has 0 saturated carbocycles. The van der Waals surface area contributed by atoms with E-state index in [2.05, 4.69) is 22.1 Å². The van der Waals surface area contributed by atoms with Crippen LogP contribution in [0.5, 0.6) is 5.75 Å². The first-order valence-corrected chi connectivity index (χ1v) is 6.82. The van der Waals surface area contributed by atoms with Gasteiger partial charge in [-0.05, 0) is 37.9 Å². The van der Waals surface area contributed by atoms with Gasteiger partial charge in [0.2, 0.25) is 0 Å². The summed E-state index contributed by atoms with van der Waals surface area (Å²) in [4.78, 5) is 6.79. The number of piperidine rings is 1. The minimum absolute atomic E-state index is 0.574. The molecule has 0 spiro atoms. The van der Waals surface area contributed by atoms with Crippen molar-refractivity contribution in [3.05, 3.63) is 18.3 Å². The van der Waals surface area contributed by atoms with Crippen molar-refractivity contribution in [1.29, 1.82) is 0 Å². The summed E-state index contributed by atoms with van der Waals surface area (Å²) in [5, 5.41) is 3.60. The van der Waals surface area contributed by atoms with E-state index in [1.807, 2.05) is 18.3 Å². The van der Waals surface area contributed by atoms with Crippen molar-refractivity contribution < 1.29 is 4.74 Å². The molecule has 0 bridgehead atoms. The monoisotopic (exact) mass is 249 g/mol. The fourth-order valence-corrected chi connectivity index (χ4v) is 2.46. The number of nitrogens with one attached hydrogen (secondary N) is 1. The van der Waals surface area contributed by atoms with Crippen molar-refractivity contribution in [2.45, 2.75) is 32.2 Å². The molecule has 1 unspecified atom stereocenters. The Bertz CT molecular complexity index is 370. The number of hydrogen-bond acceptors (Lipinski definition) is 4. The molecule has 0 aromatic carbocycles. The Morgan fingerprint density at radius 2 is 2.44 bits per heavy atom. The van der Waals surface area contributed by atoms with Crippen molar-refractivity contribution in [3.63, 3.8) is 0 Å². The molecule has 1 fully saturated rings. The van der Waals surface area contributed by atoms with Gasteiger partial charge in [0.15, 0.2) is 11.6 Å². The van der Waals surface area contributed by atoms with Gasteiger partial charge in [-0.3, -0.25) is 0 Å². The molecule has 1 aliphatic heterocycles. The second-order valence-electron chi connectivity index (χ2n) is 4.77. The molecule has 2 heterocycles. The summed E-state index contributed by atoms with van der Waals surface area (Å²) in [6.45, 7) is 5.39. The minimum atomic E-state index is 0.574. The quantitative estimate of drug-likeness (QED) is 0.866. The maximum Gasteiger partial charge on any atom is 0.171 e. The summed E-state index contributed by atoms with van der Waals surface area (Å²) < 4.78 is 5.39. The number of ether oxygens (including phenoxy) is 1. The zero-order chi connectivity index (χ0) is 12.8. The number of methoxy groups -OCH3 is 1. The van der Waals surface area contributed by atoms with Gasteiger partial charge in [0, 0.05) is 25.3 Å². The van der Waals surface area contributed by atoms with Crippen LogP contribution < -0.4 is 15.0 Å². The van der Waals surface area contributed by atoms with E-state index in [4.69, 9.17) is 4.74 Å². The second-order valence-corrected chi connectivity index (χ2v) is 4.77. The van der Waals surface area contributed by atoms with Crippen molar-refractivity contribution in [3.8, 4) is 5.75 Å². The lowest BCUT2D eigenvalue weighted by molar-refractivity contribution is 0.397. The number of nitrogens with zero attached hydrogens (tertiary/aromatic N) is 2. The van der Waals surface area contributed by atoms with Gasteiger partial charge in [0.05, 0.1) is 7.11 Å². The van der Waals surface area contributed by atoms with Gasteiger partial charge in [0.25, 0.3) is 0 Å². The molecular weight excluding hydrogens is 226 g/mol. The molecule has 1 saturated heterocycles. The predicted molar refractivity (Wildman–Crippen MR) is 74.3 cm³/mol. The molecule has 0 aliphatic carbocycles. The van der Waals surface area contributed by atoms with E-state index in [1.165, 1.54) is 19.3 Å². The topological polar surface area (TPSA) is 37.4 Å². The van der Waals surface area contributed by atoms with Crippen LogP contribution in [0.2, 0.25) is 0 Å². The fourth-order valence-electron chi connectivity index (χ4n) is 2.46. The smallest absolute Gasteiger partial charge is 0.171 e. The lowest BCUT2D eigenvalue weighted by Crippen LogP contribution is -2.46. The summed E-state index contributed by atoms with van der Waals surface area (Å²) in [5.74, 6) is 1.84. The molecule has 2 rings (SSSR count). The molecule has 1 aliphatic rings. The first-order valence-electron chi connectivity index (χ1n) is 6.82. The Labute approximate surface area is 109 Å². The van der Waals surface area contributed by atoms with Crippen molar-refractivity contribution >= 4 is 5.82 Å². The van der Waals surface area contributed by atoms with Crippen LogP contribution in [-0.4, -0.2) is 37.8 Å². The lowest BCUT2D eigenvalue weighted by atomic mass is 10.1. The van der Waals surface area contributed by atoms with E-state index in [0.717, 1.165) is 31.2 Å². The Morgan fingerprint density at radius 1 is 1.56 bits per heavy atom. The van der Waals surface area contributed by atoms with Crippen LogP contribution in [0.1, 0.15) is 26.2 Å². The zero-order valence-corrected chi connectivity index (χ0v) is 11.4. The van der Waals surface area contributed by atoms with E-state index in [-0.39, 0.29) is 0 Å². The van der Waals surface area contributed by atoms with Gasteiger partial charge >= 0.3 is 0 Å². The third-order valence-corrected chi connectivity index (χ3v) is 3.37. The second kappa shape index (κ2) is 6.59. The van der Waals surface area contributed by atoms with Crippen molar-refractivity contribution in [2.24, 2.45) is 0 Å². The Balaban J connectivity index is 2.03. The number of rotatable bonds is 5. The normalized spacial score (nSPS) is 19.9. The largest absolute Gasteiger partial charge is 0.493 e. The summed E-state index contributed by atoms with van der Waals surface area (Å²) in [5.41, 5.74) is 0. The van der Waals surface area contributed by atoms with Gasteiger partial charge in [0.1, 0.15) is 0 Å². The SMILES string of the molecule is CCCNC1CCCN(c2ncccc2OC)C1. The maximum atomic E-state index is 5.39. The molecule has 1 aromatic heterocycles. The number of aromatic nitrogens is 1. The third-order valence-electron chi connectivity index (χ3n) is 3.37. The summed E-state index contributed by atoms with van der Waals surface area (Å²) in [7, 11) is 1.71. The highest BCUT2D eigenvalue weighted by molar-refractivity contribution is 5.52. The van der Waals surface area contributed by atoms with Crippen LogP contribution in [-0.2, 0) is 0 Å². The zero-order valence-electron chi connectivity index (χ0n) is 11.4. The van der Waals surface area contributed by atoms with Crippen LogP contribution in [0.25, 0.3) is 0 Å². The van der Waals surface area contributed by atoms with Crippen LogP contribution in [0, 0.1) is 0 Å². The Hall–Kier alpha value is -1.29. The molecule has 4 heteroatoms. The Morgan fingerprint density at radius 3 is 3.22 bits per heavy atom. The highest BCUT2D eigenvalue weighted by Gasteiger charge is 2.22. The number of anilines is 1. The standard InChI is InChI=1S/C14H23N3O/c1-3-8-15-12-6-5-10-17(11-12)14-13(18-2)7-4-9-16-14/h4,7,9,12,15H,3,5-6,8,10-11H2,1-2H3. The summed E-state index contributed by atoms with van der Waals surface area (Å²) >= 11 is 0. The molecule has 18 heavy (non-hydrogen) atoms. The van der Waals surface area contributed by atoms with E-state index in [9.17, 15) is 0 Å². The molecule has 4 nitrogen and oxygen atoms in total. The highest BCUT2D eigenvalue weighted by atomic mass is 16.5. The van der Waals surface area contributed by atoms with Crippen LogP contribution in [0.3, 0.4) is 0 Å². The van der Waals surface area contributed by atoms with Crippen LogP contribution in [0.15, 0.2) is 18.3 Å². The van der Waals surface area contributed by atoms with Crippen molar-refractivity contribution in [2.75, 3.05) is 31.6 Å². The molecule has 1 N–H and O–H groups in total. The van der Waals surface area contributed by atoms with E-state index >= 15 is 0 Å². The average molecular weight is 249 g/mol. The molecular formula is C14H23N3O. The third kappa shape index (κ3) is 3.13. The molecule has 1 atom stereocenters. The molecule has 1 aromatic rings. The summed E-state index contributed by atoms with van der Waals surface area (Å²) in [6.07, 6.45) is 5.48. The fraction of sp³-hybridized carbons (Fsp3) is 0.643. The van der Waals surface area contributed by atoms with Crippen LogP contribution in [0.4, 0.5) is 5.82 Å². The number of hydrogen-bond donors (Lipinski definition) is 1. The number of pyridine rings is 1. The first kappa shape index (κ1) is 13.1. The van der Waals surface area contributed by atoms with Crippen molar-refractivity contribution in [1.82, 2.24) is 10.3 Å². The Kier molecular flexibility index (Phi) is 4.81. The average Bonchev–Trinajstić information content (AvgIpc) is 2.45. The first-order chi connectivity index (χ1) is 8.85. The van der Waals surface area contributed by atoms with E-state index < -0.39 is 0 Å². The van der Waals surface area contributed by atoms with Gasteiger partial charge in [-0.2, -0.15) is 0 Å². The summed E-state index contributed by atoms with van der Waals surface area (Å²) in [6, 6.07) is 4.47. The minimum Gasteiger partial charge on any atom is -0.493 e. The highest BCUT2D eigenvalue weighted by Crippen LogP contribution is 2.27. The van der Waals surface area contributed by atoms with Crippen LogP contribution >= 0.6 is 0 Å². The molecule has 0 radical (unpaired) electrons. The van der Waals surface area contributed by atoms with Gasteiger partial charge < -0.3 is 15.0 Å². The molecule has 100 valence electrons. The van der Waals surface area contributed by atoms with Gasteiger partial charge in [-0.1, -0.05) is 6.92 Å². The van der Waals surface area contributed by atoms with Gasteiger partial charge in [-0.15, -0.1) is 0 Å². The van der Waals surface area contributed by atoms with E-state index in [0.29, 0.717) is 6.04 Å². The predicted octanol–water partition coefficient (Wildman–Crippen LogP) is 2.06. The lowest BCUT2D eigenvalue weighted by Gasteiger charge is -2.34. The van der Waals surface area contributed by atoms with Gasteiger partial charge in [-0.25, -0.2) is 4.98 Å². The maximum absolute atomic E-state index is 5.39.